The van der Waals surface area contributed by atoms with Crippen LogP contribution < -0.4 is 5.73 Å². The molecule has 0 saturated heterocycles. The molecule has 0 fully saturated rings. The van der Waals surface area contributed by atoms with Gasteiger partial charge >= 0.3 is 0 Å². The summed E-state index contributed by atoms with van der Waals surface area (Å²) < 4.78 is 14.7. The van der Waals surface area contributed by atoms with Crippen LogP contribution in [-0.2, 0) is 13.5 Å². The molecule has 0 bridgehead atoms. The van der Waals surface area contributed by atoms with Crippen molar-refractivity contribution in [2.45, 2.75) is 12.5 Å². The topological polar surface area (TPSA) is 43.8 Å². The van der Waals surface area contributed by atoms with Gasteiger partial charge in [0.05, 0.1) is 11.2 Å². The SMILES string of the molecule is Cn1cc(C(N)Cc2ccc(F)c(Cl)c2)cn1. The van der Waals surface area contributed by atoms with Crippen molar-refractivity contribution in [1.82, 2.24) is 9.78 Å². The van der Waals surface area contributed by atoms with Crippen LogP contribution >= 0.6 is 11.6 Å². The summed E-state index contributed by atoms with van der Waals surface area (Å²) in [5.41, 5.74) is 7.90. The Kier molecular flexibility index (Phi) is 3.45. The van der Waals surface area contributed by atoms with E-state index in [1.54, 1.807) is 23.0 Å². The van der Waals surface area contributed by atoms with Gasteiger partial charge in [-0.1, -0.05) is 17.7 Å². The number of nitrogens with two attached hydrogens (primary N) is 1. The Labute approximate surface area is 104 Å². The third-order valence-corrected chi connectivity index (χ3v) is 2.88. The molecule has 0 saturated carbocycles. The predicted octanol–water partition coefficient (Wildman–Crippen LogP) is 2.46. The average molecular weight is 254 g/mol. The van der Waals surface area contributed by atoms with E-state index in [0.29, 0.717) is 6.42 Å². The number of hydrogen-bond acceptors (Lipinski definition) is 2. The van der Waals surface area contributed by atoms with Crippen LogP contribution in [0.2, 0.25) is 5.02 Å². The maximum atomic E-state index is 13.0. The van der Waals surface area contributed by atoms with Crippen molar-refractivity contribution in [3.05, 3.63) is 52.6 Å². The van der Waals surface area contributed by atoms with E-state index in [1.165, 1.54) is 6.07 Å². The number of hydrogen-bond donors (Lipinski definition) is 1. The van der Waals surface area contributed by atoms with E-state index in [0.717, 1.165) is 11.1 Å². The molecule has 2 aromatic rings. The molecule has 0 aliphatic heterocycles. The summed E-state index contributed by atoms with van der Waals surface area (Å²) in [5, 5.41) is 4.19. The Morgan fingerprint density at radius 1 is 1.53 bits per heavy atom. The van der Waals surface area contributed by atoms with E-state index >= 15 is 0 Å². The molecular formula is C12H13ClFN3. The monoisotopic (exact) mass is 253 g/mol. The zero-order valence-electron chi connectivity index (χ0n) is 9.40. The van der Waals surface area contributed by atoms with Crippen molar-refractivity contribution >= 4 is 11.6 Å². The molecule has 1 unspecified atom stereocenters. The Morgan fingerprint density at radius 2 is 2.29 bits per heavy atom. The third-order valence-electron chi connectivity index (χ3n) is 2.59. The first-order valence-corrected chi connectivity index (χ1v) is 5.62. The zero-order valence-corrected chi connectivity index (χ0v) is 10.2. The molecule has 17 heavy (non-hydrogen) atoms. The summed E-state index contributed by atoms with van der Waals surface area (Å²) in [6.45, 7) is 0. The maximum absolute atomic E-state index is 13.0. The van der Waals surface area contributed by atoms with Gasteiger partial charge in [0.1, 0.15) is 5.82 Å². The Morgan fingerprint density at radius 3 is 2.88 bits per heavy atom. The number of rotatable bonds is 3. The standard InChI is InChI=1S/C12H13ClFN3/c1-17-7-9(6-16-17)12(15)5-8-2-3-11(14)10(13)4-8/h2-4,6-7,12H,5,15H2,1H3. The van der Waals surface area contributed by atoms with Crippen LogP contribution in [0, 0.1) is 5.82 Å². The first-order chi connectivity index (χ1) is 8.06. The van der Waals surface area contributed by atoms with Crippen LogP contribution in [0.1, 0.15) is 17.2 Å². The molecule has 3 nitrogen and oxygen atoms in total. The second kappa shape index (κ2) is 4.85. The van der Waals surface area contributed by atoms with Gasteiger partial charge in [0.15, 0.2) is 0 Å². The van der Waals surface area contributed by atoms with Crippen LogP contribution in [0.3, 0.4) is 0 Å². The van der Waals surface area contributed by atoms with E-state index in [2.05, 4.69) is 5.10 Å². The molecule has 2 rings (SSSR count). The van der Waals surface area contributed by atoms with Gasteiger partial charge in [-0.25, -0.2) is 4.39 Å². The van der Waals surface area contributed by atoms with Crippen LogP contribution in [-0.4, -0.2) is 9.78 Å². The molecule has 90 valence electrons. The molecule has 0 amide bonds. The minimum atomic E-state index is -0.412. The van der Waals surface area contributed by atoms with Gasteiger partial charge in [-0.2, -0.15) is 5.10 Å². The summed E-state index contributed by atoms with van der Waals surface area (Å²) in [6.07, 6.45) is 4.21. The van der Waals surface area contributed by atoms with Gasteiger partial charge in [0, 0.05) is 24.8 Å². The quantitative estimate of drug-likeness (QED) is 0.913. The summed E-state index contributed by atoms with van der Waals surface area (Å²) in [5.74, 6) is -0.412. The minimum absolute atomic E-state index is 0.126. The first-order valence-electron chi connectivity index (χ1n) is 5.24. The lowest BCUT2D eigenvalue weighted by molar-refractivity contribution is 0.626. The third kappa shape index (κ3) is 2.84. The second-order valence-corrected chi connectivity index (χ2v) is 4.41. The van der Waals surface area contributed by atoms with Crippen molar-refractivity contribution in [2.24, 2.45) is 12.8 Å². The molecule has 0 aliphatic carbocycles. The van der Waals surface area contributed by atoms with Gasteiger partial charge in [-0.3, -0.25) is 4.68 Å². The van der Waals surface area contributed by atoms with E-state index in [1.807, 2.05) is 13.2 Å². The van der Waals surface area contributed by atoms with Crippen molar-refractivity contribution < 1.29 is 4.39 Å². The highest BCUT2D eigenvalue weighted by Gasteiger charge is 2.10. The summed E-state index contributed by atoms with van der Waals surface area (Å²) >= 11 is 5.72. The molecule has 1 heterocycles. The molecule has 5 heteroatoms. The minimum Gasteiger partial charge on any atom is -0.324 e. The summed E-state index contributed by atoms with van der Waals surface area (Å²) in [4.78, 5) is 0. The number of aryl methyl sites for hydroxylation is 1. The lowest BCUT2D eigenvalue weighted by atomic mass is 10.0. The zero-order chi connectivity index (χ0) is 12.4. The molecule has 0 spiro atoms. The van der Waals surface area contributed by atoms with Crippen LogP contribution in [0.25, 0.3) is 0 Å². The van der Waals surface area contributed by atoms with Crippen molar-refractivity contribution in [3.63, 3.8) is 0 Å². The van der Waals surface area contributed by atoms with Gasteiger partial charge in [0.2, 0.25) is 0 Å². The highest BCUT2D eigenvalue weighted by Crippen LogP contribution is 2.20. The molecule has 1 aromatic carbocycles. The van der Waals surface area contributed by atoms with Gasteiger partial charge in [-0.05, 0) is 24.1 Å². The van der Waals surface area contributed by atoms with Crippen molar-refractivity contribution in [3.8, 4) is 0 Å². The van der Waals surface area contributed by atoms with Crippen LogP contribution in [0.5, 0.6) is 0 Å². The van der Waals surface area contributed by atoms with Crippen molar-refractivity contribution in [1.29, 1.82) is 0 Å². The van der Waals surface area contributed by atoms with Gasteiger partial charge in [0.25, 0.3) is 0 Å². The fourth-order valence-electron chi connectivity index (χ4n) is 1.67. The maximum Gasteiger partial charge on any atom is 0.141 e. The molecule has 1 atom stereocenters. The van der Waals surface area contributed by atoms with Crippen LogP contribution in [0.15, 0.2) is 30.6 Å². The average Bonchev–Trinajstić information content (AvgIpc) is 2.70. The van der Waals surface area contributed by atoms with Gasteiger partial charge in [-0.15, -0.1) is 0 Å². The second-order valence-electron chi connectivity index (χ2n) is 4.01. The lowest BCUT2D eigenvalue weighted by Crippen LogP contribution is -2.12. The largest absolute Gasteiger partial charge is 0.324 e. The first kappa shape index (κ1) is 12.1. The molecular weight excluding hydrogens is 241 g/mol. The van der Waals surface area contributed by atoms with E-state index in [4.69, 9.17) is 17.3 Å². The number of benzene rings is 1. The number of aromatic nitrogens is 2. The van der Waals surface area contributed by atoms with Gasteiger partial charge < -0.3 is 5.73 Å². The fraction of sp³-hybridized carbons (Fsp3) is 0.250. The highest BCUT2D eigenvalue weighted by atomic mass is 35.5. The molecule has 2 N–H and O–H groups in total. The number of halogens is 2. The summed E-state index contributed by atoms with van der Waals surface area (Å²) in [7, 11) is 1.84. The van der Waals surface area contributed by atoms with E-state index in [-0.39, 0.29) is 11.1 Å². The fourth-order valence-corrected chi connectivity index (χ4v) is 1.87. The lowest BCUT2D eigenvalue weighted by Gasteiger charge is -2.09. The molecule has 0 aliphatic rings. The van der Waals surface area contributed by atoms with E-state index < -0.39 is 5.82 Å². The predicted molar refractivity (Wildman–Crippen MR) is 65.3 cm³/mol. The molecule has 0 radical (unpaired) electrons. The molecule has 1 aromatic heterocycles. The smallest absolute Gasteiger partial charge is 0.141 e. The van der Waals surface area contributed by atoms with Crippen molar-refractivity contribution in [2.75, 3.05) is 0 Å². The highest BCUT2D eigenvalue weighted by molar-refractivity contribution is 6.30. The Bertz CT molecular complexity index is 524. The van der Waals surface area contributed by atoms with Crippen LogP contribution in [0.4, 0.5) is 4.39 Å². The Hall–Kier alpha value is -1.39. The summed E-state index contributed by atoms with van der Waals surface area (Å²) in [6, 6.07) is 4.49. The normalized spacial score (nSPS) is 12.7. The number of nitrogens with zero attached hydrogens (tertiary/aromatic N) is 2. The van der Waals surface area contributed by atoms with E-state index in [9.17, 15) is 4.39 Å². The Balaban J connectivity index is 2.12.